The SMILES string of the molecule is NC(Cc1c[nH]c2ccccc12)C(=O)O.[Co]. The number of nitrogens with one attached hydrogen (secondary N) is 1. The van der Waals surface area contributed by atoms with Crippen molar-refractivity contribution in [2.24, 2.45) is 5.73 Å². The van der Waals surface area contributed by atoms with Crippen LogP contribution in [0.5, 0.6) is 0 Å². The van der Waals surface area contributed by atoms with Gasteiger partial charge in [-0.1, -0.05) is 18.2 Å². The average Bonchev–Trinajstić information content (AvgIpc) is 2.62. The summed E-state index contributed by atoms with van der Waals surface area (Å²) >= 11 is 0. The number of aromatic nitrogens is 1. The van der Waals surface area contributed by atoms with Crippen molar-refractivity contribution in [2.75, 3.05) is 0 Å². The third kappa shape index (κ3) is 2.44. The molecule has 0 aliphatic rings. The molecule has 0 bridgehead atoms. The molecule has 1 atom stereocenters. The summed E-state index contributed by atoms with van der Waals surface area (Å²) in [7, 11) is 0. The van der Waals surface area contributed by atoms with E-state index in [1.807, 2.05) is 30.5 Å². The molecule has 0 aliphatic carbocycles. The summed E-state index contributed by atoms with van der Waals surface area (Å²) in [4.78, 5) is 13.7. The molecule has 5 heteroatoms. The van der Waals surface area contributed by atoms with Gasteiger partial charge < -0.3 is 15.8 Å². The summed E-state index contributed by atoms with van der Waals surface area (Å²) in [6.07, 6.45) is 2.16. The predicted molar refractivity (Wildman–Crippen MR) is 57.6 cm³/mol. The van der Waals surface area contributed by atoms with Gasteiger partial charge in [-0.15, -0.1) is 0 Å². The van der Waals surface area contributed by atoms with Gasteiger partial charge in [-0.05, 0) is 11.6 Å². The summed E-state index contributed by atoms with van der Waals surface area (Å²) in [5.74, 6) is -0.972. The van der Waals surface area contributed by atoms with E-state index in [1.165, 1.54) is 0 Å². The van der Waals surface area contributed by atoms with Crippen LogP contribution < -0.4 is 5.73 Å². The van der Waals surface area contributed by atoms with Crippen molar-refractivity contribution in [1.29, 1.82) is 0 Å². The Morgan fingerprint density at radius 2 is 2.12 bits per heavy atom. The molecular weight excluding hydrogens is 251 g/mol. The monoisotopic (exact) mass is 263 g/mol. The zero-order valence-corrected chi connectivity index (χ0v) is 9.48. The smallest absolute Gasteiger partial charge is 0.320 e. The Bertz CT molecular complexity index is 495. The number of carbonyl (C=O) groups is 1. The number of carboxylic acid groups (broad SMARTS) is 1. The van der Waals surface area contributed by atoms with Crippen molar-refractivity contribution in [3.8, 4) is 0 Å². The molecule has 0 amide bonds. The van der Waals surface area contributed by atoms with E-state index in [1.54, 1.807) is 0 Å². The van der Waals surface area contributed by atoms with Crippen LogP contribution >= 0.6 is 0 Å². The van der Waals surface area contributed by atoms with Gasteiger partial charge in [0.25, 0.3) is 0 Å². The maximum atomic E-state index is 10.6. The Morgan fingerprint density at radius 3 is 2.81 bits per heavy atom. The Morgan fingerprint density at radius 1 is 1.44 bits per heavy atom. The van der Waals surface area contributed by atoms with Gasteiger partial charge in [-0.2, -0.15) is 0 Å². The maximum absolute atomic E-state index is 10.6. The van der Waals surface area contributed by atoms with Crippen molar-refractivity contribution in [1.82, 2.24) is 4.98 Å². The van der Waals surface area contributed by atoms with Gasteiger partial charge in [0.1, 0.15) is 6.04 Å². The van der Waals surface area contributed by atoms with Gasteiger partial charge in [0, 0.05) is 40.3 Å². The molecule has 0 spiro atoms. The average molecular weight is 263 g/mol. The van der Waals surface area contributed by atoms with E-state index in [-0.39, 0.29) is 16.8 Å². The first-order valence-corrected chi connectivity index (χ1v) is 4.72. The van der Waals surface area contributed by atoms with E-state index in [4.69, 9.17) is 10.8 Å². The van der Waals surface area contributed by atoms with Crippen molar-refractivity contribution < 1.29 is 26.7 Å². The van der Waals surface area contributed by atoms with Gasteiger partial charge >= 0.3 is 5.97 Å². The Kier molecular flexibility index (Phi) is 4.11. The zero-order chi connectivity index (χ0) is 10.8. The molecule has 0 aliphatic heterocycles. The minimum absolute atomic E-state index is 0. The van der Waals surface area contributed by atoms with Gasteiger partial charge in [0.05, 0.1) is 0 Å². The standard InChI is InChI=1S/C11H12N2O2.Co/c12-9(11(14)15)5-7-6-13-10-4-2-1-3-8(7)10;/h1-4,6,9,13H,5,12H2,(H,14,15);. The predicted octanol–water partition coefficient (Wildman–Crippen LogP) is 1.12. The van der Waals surface area contributed by atoms with E-state index < -0.39 is 12.0 Å². The maximum Gasteiger partial charge on any atom is 0.320 e. The molecule has 1 aromatic heterocycles. The number of hydrogen-bond acceptors (Lipinski definition) is 2. The summed E-state index contributed by atoms with van der Waals surface area (Å²) in [5, 5.41) is 9.75. The van der Waals surface area contributed by atoms with Gasteiger partial charge in [-0.25, -0.2) is 0 Å². The van der Waals surface area contributed by atoms with Crippen LogP contribution in [0, 0.1) is 0 Å². The van der Waals surface area contributed by atoms with Crippen molar-refractivity contribution in [2.45, 2.75) is 12.5 Å². The molecule has 1 aromatic carbocycles. The molecular formula is C11H12CoN2O2. The molecule has 16 heavy (non-hydrogen) atoms. The molecule has 1 unspecified atom stereocenters. The Hall–Kier alpha value is -1.30. The second kappa shape index (κ2) is 5.15. The van der Waals surface area contributed by atoms with Crippen LogP contribution in [0.3, 0.4) is 0 Å². The van der Waals surface area contributed by atoms with Gasteiger partial charge in [0.2, 0.25) is 0 Å². The summed E-state index contributed by atoms with van der Waals surface area (Å²) in [6.45, 7) is 0. The first-order valence-electron chi connectivity index (χ1n) is 4.72. The normalized spacial score (nSPS) is 12.1. The number of fused-ring (bicyclic) bond motifs is 1. The molecule has 2 aromatic rings. The molecule has 1 radical (unpaired) electrons. The fraction of sp³-hybridized carbons (Fsp3) is 0.182. The molecule has 0 saturated heterocycles. The number of carboxylic acids is 1. The second-order valence-electron chi connectivity index (χ2n) is 3.51. The minimum atomic E-state index is -0.972. The van der Waals surface area contributed by atoms with E-state index in [0.717, 1.165) is 16.5 Å². The molecule has 0 fully saturated rings. The first kappa shape index (κ1) is 12.8. The Balaban J connectivity index is 0.00000128. The number of aliphatic carboxylic acids is 1. The van der Waals surface area contributed by atoms with Crippen LogP contribution in [-0.2, 0) is 28.0 Å². The van der Waals surface area contributed by atoms with Crippen LogP contribution in [-0.4, -0.2) is 22.1 Å². The van der Waals surface area contributed by atoms with Crippen LogP contribution in [0.2, 0.25) is 0 Å². The largest absolute Gasteiger partial charge is 0.480 e. The molecule has 4 nitrogen and oxygen atoms in total. The van der Waals surface area contributed by atoms with Gasteiger partial charge in [0.15, 0.2) is 0 Å². The molecule has 0 saturated carbocycles. The number of nitrogens with two attached hydrogens (primary N) is 1. The number of rotatable bonds is 3. The number of para-hydroxylation sites is 1. The summed E-state index contributed by atoms with van der Waals surface area (Å²) in [5.41, 5.74) is 7.43. The molecule has 2 rings (SSSR count). The quantitative estimate of drug-likeness (QED) is 0.776. The van der Waals surface area contributed by atoms with E-state index in [0.29, 0.717) is 6.42 Å². The van der Waals surface area contributed by atoms with Crippen molar-refractivity contribution >= 4 is 16.9 Å². The Labute approximate surface area is 103 Å². The van der Waals surface area contributed by atoms with Crippen molar-refractivity contribution in [3.63, 3.8) is 0 Å². The van der Waals surface area contributed by atoms with Crippen LogP contribution in [0.15, 0.2) is 30.5 Å². The van der Waals surface area contributed by atoms with Crippen LogP contribution in [0.1, 0.15) is 5.56 Å². The van der Waals surface area contributed by atoms with E-state index in [2.05, 4.69) is 4.98 Å². The number of hydrogen-bond donors (Lipinski definition) is 3. The number of aromatic amines is 1. The third-order valence-electron chi connectivity index (χ3n) is 2.43. The summed E-state index contributed by atoms with van der Waals surface area (Å²) in [6, 6.07) is 6.91. The fourth-order valence-corrected chi connectivity index (χ4v) is 1.62. The van der Waals surface area contributed by atoms with E-state index in [9.17, 15) is 4.79 Å². The van der Waals surface area contributed by atoms with Crippen molar-refractivity contribution in [3.05, 3.63) is 36.0 Å². The van der Waals surface area contributed by atoms with Gasteiger partial charge in [-0.3, -0.25) is 4.79 Å². The number of benzene rings is 1. The molecule has 87 valence electrons. The number of H-pyrrole nitrogens is 1. The summed E-state index contributed by atoms with van der Waals surface area (Å²) < 4.78 is 0. The molecule has 1 heterocycles. The third-order valence-corrected chi connectivity index (χ3v) is 2.43. The zero-order valence-electron chi connectivity index (χ0n) is 8.44. The second-order valence-corrected chi connectivity index (χ2v) is 3.51. The van der Waals surface area contributed by atoms with Crippen LogP contribution in [0.25, 0.3) is 10.9 Å². The fourth-order valence-electron chi connectivity index (χ4n) is 1.62. The van der Waals surface area contributed by atoms with E-state index >= 15 is 0 Å². The topological polar surface area (TPSA) is 79.1 Å². The molecule has 4 N–H and O–H groups in total. The first-order chi connectivity index (χ1) is 7.18. The van der Waals surface area contributed by atoms with Crippen LogP contribution in [0.4, 0.5) is 0 Å². The minimum Gasteiger partial charge on any atom is -0.480 e.